The third-order valence-corrected chi connectivity index (χ3v) is 8.31. The highest BCUT2D eigenvalue weighted by Crippen LogP contribution is 2.32. The average molecular weight is 391 g/mol. The number of hydrogen-bond acceptors (Lipinski definition) is 4. The van der Waals surface area contributed by atoms with E-state index in [-0.39, 0.29) is 17.7 Å². The van der Waals surface area contributed by atoms with Crippen LogP contribution in [0, 0.1) is 0 Å². The molecule has 1 aromatic rings. The van der Waals surface area contributed by atoms with Gasteiger partial charge in [-0.1, -0.05) is 31.4 Å². The van der Waals surface area contributed by atoms with Gasteiger partial charge in [0, 0.05) is 37.8 Å². The van der Waals surface area contributed by atoms with Crippen LogP contribution < -0.4 is 0 Å². The van der Waals surface area contributed by atoms with Crippen LogP contribution in [-0.4, -0.2) is 67.9 Å². The van der Waals surface area contributed by atoms with E-state index in [1.165, 1.54) is 37.7 Å². The van der Waals surface area contributed by atoms with E-state index in [4.69, 9.17) is 0 Å². The Morgan fingerprint density at radius 2 is 1.56 bits per heavy atom. The zero-order chi connectivity index (χ0) is 18.9. The Hall–Kier alpha value is -1.40. The molecule has 2 saturated heterocycles. The smallest absolute Gasteiger partial charge is 0.253 e. The zero-order valence-corrected chi connectivity index (χ0v) is 16.8. The molecule has 148 valence electrons. The maximum absolute atomic E-state index is 12.8. The number of benzene rings is 1. The molecule has 0 N–H and O–H groups in total. The van der Waals surface area contributed by atoms with E-state index in [0.29, 0.717) is 24.8 Å². The summed E-state index contributed by atoms with van der Waals surface area (Å²) in [4.78, 5) is 17.0. The fourth-order valence-corrected chi connectivity index (χ4v) is 6.63. The molecular weight excluding hydrogens is 360 g/mol. The van der Waals surface area contributed by atoms with Crippen molar-refractivity contribution < 1.29 is 13.2 Å². The summed E-state index contributed by atoms with van der Waals surface area (Å²) in [6.07, 6.45) is 7.26. The molecule has 0 bridgehead atoms. The van der Waals surface area contributed by atoms with Gasteiger partial charge < -0.3 is 4.90 Å². The Balaban J connectivity index is 1.32. The quantitative estimate of drug-likeness (QED) is 0.796. The van der Waals surface area contributed by atoms with Crippen molar-refractivity contribution in [2.45, 2.75) is 50.5 Å². The van der Waals surface area contributed by atoms with E-state index < -0.39 is 9.84 Å². The summed E-state index contributed by atoms with van der Waals surface area (Å²) in [6.45, 7) is 2.90. The lowest BCUT2D eigenvalue weighted by molar-refractivity contribution is 0.0588. The van der Waals surface area contributed by atoms with Gasteiger partial charge >= 0.3 is 0 Å². The average Bonchev–Trinajstić information content (AvgIpc) is 3.08. The topological polar surface area (TPSA) is 57.7 Å². The van der Waals surface area contributed by atoms with Crippen molar-refractivity contribution in [3.8, 4) is 0 Å². The lowest BCUT2D eigenvalue weighted by Gasteiger charge is -2.37. The van der Waals surface area contributed by atoms with Crippen LogP contribution in [0.5, 0.6) is 0 Å². The standard InChI is InChI=1S/C21H30N2O3S/c24-21(19-8-6-18(7-9-19)17-4-2-1-3-5-17)23-13-11-22(12-14-23)20-10-15-27(25,26)16-20/h6-9,17,20H,1-5,10-16H2. The lowest BCUT2D eigenvalue weighted by atomic mass is 9.84. The maximum Gasteiger partial charge on any atom is 0.253 e. The van der Waals surface area contributed by atoms with Gasteiger partial charge in [0.1, 0.15) is 0 Å². The van der Waals surface area contributed by atoms with Gasteiger partial charge in [0.15, 0.2) is 9.84 Å². The number of piperazine rings is 1. The minimum Gasteiger partial charge on any atom is -0.336 e. The lowest BCUT2D eigenvalue weighted by Crippen LogP contribution is -2.52. The molecule has 3 aliphatic rings. The van der Waals surface area contributed by atoms with Gasteiger partial charge in [-0.15, -0.1) is 0 Å². The van der Waals surface area contributed by atoms with E-state index in [0.717, 1.165) is 25.1 Å². The molecule has 5 nitrogen and oxygen atoms in total. The number of amides is 1. The molecule has 1 unspecified atom stereocenters. The molecule has 2 aliphatic heterocycles. The Morgan fingerprint density at radius 1 is 0.889 bits per heavy atom. The molecule has 1 aliphatic carbocycles. The van der Waals surface area contributed by atoms with Crippen molar-refractivity contribution in [3.05, 3.63) is 35.4 Å². The molecule has 0 aromatic heterocycles. The highest BCUT2D eigenvalue weighted by Gasteiger charge is 2.34. The molecule has 2 heterocycles. The summed E-state index contributed by atoms with van der Waals surface area (Å²) in [5.74, 6) is 1.35. The number of sulfone groups is 1. The van der Waals surface area contributed by atoms with Crippen molar-refractivity contribution >= 4 is 15.7 Å². The number of carbonyl (C=O) groups is 1. The van der Waals surface area contributed by atoms with Crippen LogP contribution in [0.4, 0.5) is 0 Å². The summed E-state index contributed by atoms with van der Waals surface area (Å²) in [5, 5.41) is 0. The molecule has 4 rings (SSSR count). The molecule has 1 aromatic carbocycles. The first-order valence-electron chi connectivity index (χ1n) is 10.4. The summed E-state index contributed by atoms with van der Waals surface area (Å²) >= 11 is 0. The molecule has 27 heavy (non-hydrogen) atoms. The Labute approximate surface area is 162 Å². The SMILES string of the molecule is O=C(c1ccc(C2CCCCC2)cc1)N1CCN(C2CCS(=O)(=O)C2)CC1. The fraction of sp³-hybridized carbons (Fsp3) is 0.667. The van der Waals surface area contributed by atoms with Crippen LogP contribution in [-0.2, 0) is 9.84 Å². The van der Waals surface area contributed by atoms with Crippen molar-refractivity contribution in [1.29, 1.82) is 0 Å². The highest BCUT2D eigenvalue weighted by atomic mass is 32.2. The van der Waals surface area contributed by atoms with Crippen molar-refractivity contribution in [3.63, 3.8) is 0 Å². The fourth-order valence-electron chi connectivity index (χ4n) is 4.87. The summed E-state index contributed by atoms with van der Waals surface area (Å²) in [5.41, 5.74) is 2.14. The van der Waals surface area contributed by atoms with E-state index in [9.17, 15) is 13.2 Å². The van der Waals surface area contributed by atoms with Gasteiger partial charge in [0.05, 0.1) is 11.5 Å². The number of carbonyl (C=O) groups excluding carboxylic acids is 1. The van der Waals surface area contributed by atoms with Gasteiger partial charge in [-0.2, -0.15) is 0 Å². The molecule has 6 heteroatoms. The Kier molecular flexibility index (Phi) is 5.55. The minimum atomic E-state index is -2.85. The van der Waals surface area contributed by atoms with Crippen molar-refractivity contribution in [2.75, 3.05) is 37.7 Å². The largest absolute Gasteiger partial charge is 0.336 e. The summed E-state index contributed by atoms with van der Waals surface area (Å²) < 4.78 is 23.4. The molecular formula is C21H30N2O3S. The number of nitrogens with zero attached hydrogens (tertiary/aromatic N) is 2. The summed E-state index contributed by atoms with van der Waals surface area (Å²) in [6, 6.07) is 8.40. The van der Waals surface area contributed by atoms with Crippen molar-refractivity contribution in [1.82, 2.24) is 9.80 Å². The predicted molar refractivity (Wildman–Crippen MR) is 107 cm³/mol. The second kappa shape index (κ2) is 7.92. The molecule has 1 atom stereocenters. The zero-order valence-electron chi connectivity index (χ0n) is 16.0. The van der Waals surface area contributed by atoms with Gasteiger partial charge in [-0.05, 0) is 42.9 Å². The molecule has 0 spiro atoms. The van der Waals surface area contributed by atoms with Gasteiger partial charge in [0.2, 0.25) is 0 Å². The monoisotopic (exact) mass is 390 g/mol. The first kappa shape index (κ1) is 18.9. The normalized spacial score (nSPS) is 27.0. The number of hydrogen-bond donors (Lipinski definition) is 0. The van der Waals surface area contributed by atoms with Crippen LogP contribution in [0.3, 0.4) is 0 Å². The van der Waals surface area contributed by atoms with Crippen LogP contribution in [0.2, 0.25) is 0 Å². The van der Waals surface area contributed by atoms with E-state index in [1.807, 2.05) is 17.0 Å². The highest BCUT2D eigenvalue weighted by molar-refractivity contribution is 7.91. The second-order valence-electron chi connectivity index (χ2n) is 8.34. The van der Waals surface area contributed by atoms with Crippen LogP contribution in [0.15, 0.2) is 24.3 Å². The van der Waals surface area contributed by atoms with E-state index >= 15 is 0 Å². The maximum atomic E-state index is 12.8. The van der Waals surface area contributed by atoms with Gasteiger partial charge in [0.25, 0.3) is 5.91 Å². The third kappa shape index (κ3) is 4.37. The predicted octanol–water partition coefficient (Wildman–Crippen LogP) is 2.68. The third-order valence-electron chi connectivity index (χ3n) is 6.56. The van der Waals surface area contributed by atoms with Crippen LogP contribution in [0.1, 0.15) is 60.4 Å². The summed E-state index contributed by atoms with van der Waals surface area (Å²) in [7, 11) is -2.85. The van der Waals surface area contributed by atoms with Crippen molar-refractivity contribution in [2.24, 2.45) is 0 Å². The van der Waals surface area contributed by atoms with Crippen LogP contribution >= 0.6 is 0 Å². The molecule has 3 fully saturated rings. The minimum absolute atomic E-state index is 0.101. The first-order chi connectivity index (χ1) is 13.0. The molecule has 1 amide bonds. The van der Waals surface area contributed by atoms with Crippen LogP contribution in [0.25, 0.3) is 0 Å². The second-order valence-corrected chi connectivity index (χ2v) is 10.6. The first-order valence-corrected chi connectivity index (χ1v) is 12.2. The van der Waals surface area contributed by atoms with E-state index in [2.05, 4.69) is 17.0 Å². The Bertz CT molecular complexity index is 761. The molecule has 0 radical (unpaired) electrons. The van der Waals surface area contributed by atoms with E-state index in [1.54, 1.807) is 0 Å². The molecule has 1 saturated carbocycles. The Morgan fingerprint density at radius 3 is 2.15 bits per heavy atom. The van der Waals surface area contributed by atoms with Gasteiger partial charge in [-0.25, -0.2) is 8.42 Å². The number of rotatable bonds is 3. The van der Waals surface area contributed by atoms with Gasteiger partial charge in [-0.3, -0.25) is 9.69 Å².